The molecule has 0 aliphatic carbocycles. The van der Waals surface area contributed by atoms with Crippen LogP contribution in [0.1, 0.15) is 5.69 Å². The molecule has 4 N–H and O–H groups in total. The van der Waals surface area contributed by atoms with Crippen LogP contribution in [0.25, 0.3) is 10.9 Å². The van der Waals surface area contributed by atoms with Crippen molar-refractivity contribution in [1.29, 1.82) is 0 Å². The zero-order valence-corrected chi connectivity index (χ0v) is 12.8. The Kier molecular flexibility index (Phi) is 3.78. The highest BCUT2D eigenvalue weighted by atomic mass is 35.5. The predicted octanol–water partition coefficient (Wildman–Crippen LogP) is 1.46. The number of halogens is 1. The number of guanidine groups is 1. The van der Waals surface area contributed by atoms with Crippen LogP contribution < -0.4 is 17.0 Å². The highest BCUT2D eigenvalue weighted by molar-refractivity contribution is 7.13. The van der Waals surface area contributed by atoms with E-state index in [9.17, 15) is 4.79 Å². The molecule has 0 bridgehead atoms. The Balaban J connectivity index is 1.97. The third-order valence-electron chi connectivity index (χ3n) is 2.88. The van der Waals surface area contributed by atoms with E-state index in [-0.39, 0.29) is 18.1 Å². The van der Waals surface area contributed by atoms with Crippen LogP contribution >= 0.6 is 22.9 Å². The second kappa shape index (κ2) is 5.74. The molecule has 22 heavy (non-hydrogen) atoms. The lowest BCUT2D eigenvalue weighted by atomic mass is 10.2. The SMILES string of the molecule is NC(N)=Nc1nc(Cn2cnc3ccc(Cl)cc3c2=O)cs1. The van der Waals surface area contributed by atoms with Gasteiger partial charge in [0.25, 0.3) is 5.56 Å². The minimum Gasteiger partial charge on any atom is -0.370 e. The van der Waals surface area contributed by atoms with E-state index in [1.807, 2.05) is 0 Å². The molecule has 2 heterocycles. The minimum atomic E-state index is -0.177. The van der Waals surface area contributed by atoms with Gasteiger partial charge in [0, 0.05) is 10.4 Å². The first-order valence-electron chi connectivity index (χ1n) is 6.21. The van der Waals surface area contributed by atoms with Gasteiger partial charge in [-0.15, -0.1) is 11.3 Å². The van der Waals surface area contributed by atoms with E-state index in [4.69, 9.17) is 23.1 Å². The van der Waals surface area contributed by atoms with Gasteiger partial charge in [0.05, 0.1) is 29.5 Å². The fourth-order valence-corrected chi connectivity index (χ4v) is 2.82. The highest BCUT2D eigenvalue weighted by Gasteiger charge is 2.07. The molecule has 0 spiro atoms. The Morgan fingerprint density at radius 1 is 1.41 bits per heavy atom. The number of fused-ring (bicyclic) bond motifs is 1. The summed E-state index contributed by atoms with van der Waals surface area (Å²) in [6.07, 6.45) is 1.48. The van der Waals surface area contributed by atoms with Gasteiger partial charge >= 0.3 is 0 Å². The number of hydrogen-bond acceptors (Lipinski definition) is 5. The second-order valence-corrected chi connectivity index (χ2v) is 5.77. The molecule has 0 aliphatic rings. The van der Waals surface area contributed by atoms with Crippen molar-refractivity contribution < 1.29 is 0 Å². The van der Waals surface area contributed by atoms with Crippen molar-refractivity contribution in [3.63, 3.8) is 0 Å². The number of benzene rings is 1. The average Bonchev–Trinajstić information content (AvgIpc) is 2.89. The molecule has 0 unspecified atom stereocenters. The number of hydrogen-bond donors (Lipinski definition) is 2. The molecule has 2 aromatic heterocycles. The van der Waals surface area contributed by atoms with Gasteiger partial charge in [-0.25, -0.2) is 9.97 Å². The number of aliphatic imine (C=N–C) groups is 1. The topological polar surface area (TPSA) is 112 Å². The molecular weight excluding hydrogens is 324 g/mol. The third-order valence-corrected chi connectivity index (χ3v) is 3.90. The van der Waals surface area contributed by atoms with Crippen LogP contribution in [0.4, 0.5) is 5.13 Å². The van der Waals surface area contributed by atoms with Gasteiger partial charge in [0.2, 0.25) is 5.13 Å². The summed E-state index contributed by atoms with van der Waals surface area (Å²) >= 11 is 7.22. The number of nitrogens with zero attached hydrogens (tertiary/aromatic N) is 4. The summed E-state index contributed by atoms with van der Waals surface area (Å²) in [5, 5.41) is 3.19. The Morgan fingerprint density at radius 3 is 3.00 bits per heavy atom. The maximum Gasteiger partial charge on any atom is 0.261 e. The van der Waals surface area contributed by atoms with Crippen LogP contribution in [0.2, 0.25) is 5.02 Å². The second-order valence-electron chi connectivity index (χ2n) is 4.50. The zero-order valence-electron chi connectivity index (χ0n) is 11.2. The van der Waals surface area contributed by atoms with Gasteiger partial charge in [-0.1, -0.05) is 11.6 Å². The van der Waals surface area contributed by atoms with E-state index in [2.05, 4.69) is 15.0 Å². The molecule has 1 aromatic carbocycles. The van der Waals surface area contributed by atoms with Crippen LogP contribution in [0, 0.1) is 0 Å². The van der Waals surface area contributed by atoms with Crippen LogP contribution in [0.5, 0.6) is 0 Å². The van der Waals surface area contributed by atoms with Gasteiger partial charge < -0.3 is 11.5 Å². The maximum absolute atomic E-state index is 12.4. The maximum atomic E-state index is 12.4. The molecule has 0 saturated carbocycles. The van der Waals surface area contributed by atoms with Gasteiger partial charge in [-0.05, 0) is 18.2 Å². The first-order valence-corrected chi connectivity index (χ1v) is 7.47. The normalized spacial score (nSPS) is 10.8. The van der Waals surface area contributed by atoms with Crippen molar-refractivity contribution in [2.75, 3.05) is 0 Å². The molecule has 0 saturated heterocycles. The average molecular weight is 335 g/mol. The fourth-order valence-electron chi connectivity index (χ4n) is 1.95. The molecule has 3 rings (SSSR count). The number of rotatable bonds is 3. The van der Waals surface area contributed by atoms with Crippen LogP contribution in [0.3, 0.4) is 0 Å². The van der Waals surface area contributed by atoms with Crippen LogP contribution in [0.15, 0.2) is 39.7 Å². The van der Waals surface area contributed by atoms with E-state index >= 15 is 0 Å². The van der Waals surface area contributed by atoms with Crippen molar-refractivity contribution >= 4 is 44.9 Å². The summed E-state index contributed by atoms with van der Waals surface area (Å²) in [5.74, 6) is -0.0555. The molecule has 9 heteroatoms. The number of nitrogens with two attached hydrogens (primary N) is 2. The van der Waals surface area contributed by atoms with Crippen molar-refractivity contribution in [3.8, 4) is 0 Å². The van der Waals surface area contributed by atoms with E-state index in [0.29, 0.717) is 26.8 Å². The molecule has 0 aliphatic heterocycles. The monoisotopic (exact) mass is 334 g/mol. The minimum absolute atomic E-state index is 0.0555. The summed E-state index contributed by atoms with van der Waals surface area (Å²) in [4.78, 5) is 24.8. The summed E-state index contributed by atoms with van der Waals surface area (Å²) in [6.45, 7) is 0.283. The van der Waals surface area contributed by atoms with Crippen LogP contribution in [-0.4, -0.2) is 20.5 Å². The van der Waals surface area contributed by atoms with E-state index < -0.39 is 0 Å². The summed E-state index contributed by atoms with van der Waals surface area (Å²) in [5.41, 5.74) is 11.7. The highest BCUT2D eigenvalue weighted by Crippen LogP contribution is 2.19. The lowest BCUT2D eigenvalue weighted by Gasteiger charge is -2.04. The molecule has 3 aromatic rings. The number of aromatic nitrogens is 3. The standard InChI is InChI=1S/C13H11ClN6OS/c14-7-1-2-10-9(3-7)11(21)20(6-17-10)4-8-5-22-13(18-8)19-12(15)16/h1-3,5-6H,4H2,(H4,15,16,18,19). The first-order chi connectivity index (χ1) is 10.5. The number of thiazole rings is 1. The Hall–Kier alpha value is -2.45. The Labute approximate surface area is 133 Å². The van der Waals surface area contributed by atoms with Gasteiger partial charge in [0.1, 0.15) is 0 Å². The van der Waals surface area contributed by atoms with Crippen molar-refractivity contribution in [2.45, 2.75) is 6.54 Å². The smallest absolute Gasteiger partial charge is 0.261 e. The summed E-state index contributed by atoms with van der Waals surface area (Å²) in [6, 6.07) is 5.01. The molecule has 0 fully saturated rings. The zero-order chi connectivity index (χ0) is 15.7. The molecular formula is C13H11ClN6OS. The summed E-state index contributed by atoms with van der Waals surface area (Å²) < 4.78 is 1.47. The van der Waals surface area contributed by atoms with Crippen molar-refractivity contribution in [3.05, 3.63) is 51.0 Å². The van der Waals surface area contributed by atoms with Gasteiger partial charge in [0.15, 0.2) is 5.96 Å². The Bertz CT molecular complexity index is 928. The van der Waals surface area contributed by atoms with Crippen molar-refractivity contribution in [2.24, 2.45) is 16.5 Å². The van der Waals surface area contributed by atoms with E-state index in [0.717, 1.165) is 0 Å². The summed E-state index contributed by atoms with van der Waals surface area (Å²) in [7, 11) is 0. The molecule has 0 atom stereocenters. The molecule has 112 valence electrons. The lowest BCUT2D eigenvalue weighted by molar-refractivity contribution is 0.734. The fraction of sp³-hybridized carbons (Fsp3) is 0.0769. The van der Waals surface area contributed by atoms with E-state index in [1.165, 1.54) is 22.2 Å². The van der Waals surface area contributed by atoms with Crippen molar-refractivity contribution in [1.82, 2.24) is 14.5 Å². The molecule has 7 nitrogen and oxygen atoms in total. The Morgan fingerprint density at radius 2 is 2.23 bits per heavy atom. The molecule has 0 amide bonds. The van der Waals surface area contributed by atoms with Gasteiger partial charge in [-0.3, -0.25) is 9.36 Å². The predicted molar refractivity (Wildman–Crippen MR) is 87.7 cm³/mol. The van der Waals surface area contributed by atoms with Crippen LogP contribution in [-0.2, 0) is 6.54 Å². The largest absolute Gasteiger partial charge is 0.370 e. The lowest BCUT2D eigenvalue weighted by Crippen LogP contribution is -2.22. The molecule has 0 radical (unpaired) electrons. The third kappa shape index (κ3) is 2.92. The van der Waals surface area contributed by atoms with E-state index in [1.54, 1.807) is 23.6 Å². The first kappa shape index (κ1) is 14.5. The van der Waals surface area contributed by atoms with Gasteiger partial charge in [-0.2, -0.15) is 4.99 Å². The quantitative estimate of drug-likeness (QED) is 0.556.